The van der Waals surface area contributed by atoms with Gasteiger partial charge in [-0.3, -0.25) is 0 Å². The SMILES string of the molecule is COC(=O)c1c(CO)coc1C. The van der Waals surface area contributed by atoms with Crippen LogP contribution in [0.4, 0.5) is 0 Å². The number of aliphatic hydroxyl groups is 1. The van der Waals surface area contributed by atoms with Crippen LogP contribution in [0.25, 0.3) is 0 Å². The fraction of sp³-hybridized carbons (Fsp3) is 0.375. The second-order valence-electron chi connectivity index (χ2n) is 2.34. The van der Waals surface area contributed by atoms with E-state index in [4.69, 9.17) is 9.52 Å². The fourth-order valence-electron chi connectivity index (χ4n) is 0.997. The predicted molar refractivity (Wildman–Crippen MR) is 40.7 cm³/mol. The number of aliphatic hydroxyl groups excluding tert-OH is 1. The van der Waals surface area contributed by atoms with Gasteiger partial charge >= 0.3 is 5.97 Å². The number of ether oxygens (including phenoxy) is 1. The van der Waals surface area contributed by atoms with E-state index in [1.165, 1.54) is 13.4 Å². The molecule has 1 heterocycles. The molecule has 4 nitrogen and oxygen atoms in total. The first-order chi connectivity index (χ1) is 5.70. The molecule has 0 aromatic carbocycles. The Balaban J connectivity index is 3.10. The summed E-state index contributed by atoms with van der Waals surface area (Å²) in [5, 5.41) is 8.81. The van der Waals surface area contributed by atoms with Gasteiger partial charge in [0.25, 0.3) is 0 Å². The Morgan fingerprint density at radius 3 is 2.92 bits per heavy atom. The molecule has 1 N–H and O–H groups in total. The molecule has 0 amide bonds. The summed E-state index contributed by atoms with van der Waals surface area (Å²) in [4.78, 5) is 11.1. The van der Waals surface area contributed by atoms with Gasteiger partial charge in [0.15, 0.2) is 0 Å². The van der Waals surface area contributed by atoms with Crippen molar-refractivity contribution in [2.24, 2.45) is 0 Å². The van der Waals surface area contributed by atoms with Crippen molar-refractivity contribution in [2.45, 2.75) is 13.5 Å². The lowest BCUT2D eigenvalue weighted by Gasteiger charge is -1.98. The number of aryl methyl sites for hydroxylation is 1. The van der Waals surface area contributed by atoms with Crippen molar-refractivity contribution in [2.75, 3.05) is 7.11 Å². The zero-order chi connectivity index (χ0) is 9.14. The largest absolute Gasteiger partial charge is 0.468 e. The molecule has 66 valence electrons. The Bertz CT molecular complexity index is 287. The summed E-state index contributed by atoms with van der Waals surface area (Å²) >= 11 is 0. The van der Waals surface area contributed by atoms with E-state index in [-0.39, 0.29) is 6.61 Å². The maximum atomic E-state index is 11.1. The molecule has 0 fully saturated rings. The Morgan fingerprint density at radius 2 is 2.42 bits per heavy atom. The highest BCUT2D eigenvalue weighted by Gasteiger charge is 2.17. The van der Waals surface area contributed by atoms with E-state index in [0.29, 0.717) is 16.9 Å². The molecule has 12 heavy (non-hydrogen) atoms. The summed E-state index contributed by atoms with van der Waals surface area (Å²) in [5.41, 5.74) is 0.777. The first-order valence-electron chi connectivity index (χ1n) is 3.46. The van der Waals surface area contributed by atoms with Crippen LogP contribution < -0.4 is 0 Å². The Morgan fingerprint density at radius 1 is 1.75 bits per heavy atom. The van der Waals surface area contributed by atoms with Crippen LogP contribution in [0.15, 0.2) is 10.7 Å². The van der Waals surface area contributed by atoms with Gasteiger partial charge in [-0.25, -0.2) is 4.79 Å². The third-order valence-electron chi connectivity index (χ3n) is 1.61. The van der Waals surface area contributed by atoms with Crippen LogP contribution in [0.5, 0.6) is 0 Å². The zero-order valence-electron chi connectivity index (χ0n) is 6.96. The van der Waals surface area contributed by atoms with Gasteiger partial charge in [0.2, 0.25) is 0 Å². The van der Waals surface area contributed by atoms with Gasteiger partial charge in [-0.2, -0.15) is 0 Å². The molecule has 0 atom stereocenters. The van der Waals surface area contributed by atoms with Gasteiger partial charge in [0, 0.05) is 5.56 Å². The minimum Gasteiger partial charge on any atom is -0.468 e. The van der Waals surface area contributed by atoms with Crippen molar-refractivity contribution < 1.29 is 19.1 Å². The van der Waals surface area contributed by atoms with Crippen LogP contribution in [0.1, 0.15) is 21.7 Å². The van der Waals surface area contributed by atoms with Crippen LogP contribution in [0.2, 0.25) is 0 Å². The third-order valence-corrected chi connectivity index (χ3v) is 1.61. The van der Waals surface area contributed by atoms with E-state index in [9.17, 15) is 4.79 Å². The van der Waals surface area contributed by atoms with Gasteiger partial charge in [0.05, 0.1) is 20.0 Å². The number of carbonyl (C=O) groups excluding carboxylic acids is 1. The van der Waals surface area contributed by atoms with E-state index in [0.717, 1.165) is 0 Å². The average Bonchev–Trinajstić information content (AvgIpc) is 2.45. The smallest absolute Gasteiger partial charge is 0.341 e. The predicted octanol–water partition coefficient (Wildman–Crippen LogP) is 0.867. The summed E-state index contributed by atoms with van der Waals surface area (Å²) in [6.07, 6.45) is 1.35. The lowest BCUT2D eigenvalue weighted by molar-refractivity contribution is 0.0595. The highest BCUT2D eigenvalue weighted by atomic mass is 16.5. The summed E-state index contributed by atoms with van der Waals surface area (Å²) in [6, 6.07) is 0. The number of esters is 1. The van der Waals surface area contributed by atoms with Crippen molar-refractivity contribution in [3.8, 4) is 0 Å². The van der Waals surface area contributed by atoms with Crippen LogP contribution in [0.3, 0.4) is 0 Å². The van der Waals surface area contributed by atoms with Gasteiger partial charge in [-0.05, 0) is 6.92 Å². The van der Waals surface area contributed by atoms with Crippen molar-refractivity contribution >= 4 is 5.97 Å². The standard InChI is InChI=1S/C8H10O4/c1-5-7(8(10)11-2)6(3-9)4-12-5/h4,9H,3H2,1-2H3. The van der Waals surface area contributed by atoms with Crippen molar-refractivity contribution in [1.29, 1.82) is 0 Å². The maximum Gasteiger partial charge on any atom is 0.341 e. The molecule has 4 heteroatoms. The normalized spacial score (nSPS) is 9.92. The van der Waals surface area contributed by atoms with Crippen LogP contribution in [0, 0.1) is 6.92 Å². The molecule has 1 aromatic rings. The molecule has 1 aromatic heterocycles. The molecular formula is C8H10O4. The van der Waals surface area contributed by atoms with Gasteiger partial charge in [-0.1, -0.05) is 0 Å². The lowest BCUT2D eigenvalue weighted by atomic mass is 10.1. The molecule has 0 radical (unpaired) electrons. The minimum atomic E-state index is -0.481. The van der Waals surface area contributed by atoms with Crippen molar-refractivity contribution in [3.63, 3.8) is 0 Å². The number of rotatable bonds is 2. The molecule has 0 aliphatic carbocycles. The number of methoxy groups -OCH3 is 1. The summed E-state index contributed by atoms with van der Waals surface area (Å²) in [5.74, 6) is -0.0174. The van der Waals surface area contributed by atoms with Gasteiger partial charge in [0.1, 0.15) is 11.3 Å². The summed E-state index contributed by atoms with van der Waals surface area (Å²) in [7, 11) is 1.29. The first-order valence-corrected chi connectivity index (χ1v) is 3.46. The Hall–Kier alpha value is -1.29. The van der Waals surface area contributed by atoms with Crippen LogP contribution in [-0.2, 0) is 11.3 Å². The second kappa shape index (κ2) is 3.40. The summed E-state index contributed by atoms with van der Waals surface area (Å²) in [6.45, 7) is 1.42. The number of furan rings is 1. The molecule has 0 saturated carbocycles. The quantitative estimate of drug-likeness (QED) is 0.669. The highest BCUT2D eigenvalue weighted by Crippen LogP contribution is 2.17. The molecule has 0 bridgehead atoms. The fourth-order valence-corrected chi connectivity index (χ4v) is 0.997. The summed E-state index contributed by atoms with van der Waals surface area (Å²) < 4.78 is 9.46. The average molecular weight is 170 g/mol. The molecule has 0 saturated heterocycles. The van der Waals surface area contributed by atoms with Crippen LogP contribution >= 0.6 is 0 Å². The van der Waals surface area contributed by atoms with E-state index >= 15 is 0 Å². The third kappa shape index (κ3) is 1.33. The number of hydrogen-bond donors (Lipinski definition) is 1. The van der Waals surface area contributed by atoms with Crippen molar-refractivity contribution in [1.82, 2.24) is 0 Å². The molecule has 0 aliphatic rings. The van der Waals surface area contributed by atoms with Crippen LogP contribution in [-0.4, -0.2) is 18.2 Å². The van der Waals surface area contributed by atoms with E-state index in [2.05, 4.69) is 4.74 Å². The van der Waals surface area contributed by atoms with Gasteiger partial charge in [-0.15, -0.1) is 0 Å². The lowest BCUT2D eigenvalue weighted by Crippen LogP contribution is -2.04. The molecule has 0 unspecified atom stereocenters. The second-order valence-corrected chi connectivity index (χ2v) is 2.34. The first kappa shape index (κ1) is 8.80. The van der Waals surface area contributed by atoms with Gasteiger partial charge < -0.3 is 14.3 Å². The Labute approximate surface area is 69.8 Å². The van der Waals surface area contributed by atoms with E-state index in [1.54, 1.807) is 6.92 Å². The number of hydrogen-bond acceptors (Lipinski definition) is 4. The monoisotopic (exact) mass is 170 g/mol. The Kier molecular flexibility index (Phi) is 2.50. The van der Waals surface area contributed by atoms with Crippen molar-refractivity contribution in [3.05, 3.63) is 23.2 Å². The topological polar surface area (TPSA) is 59.7 Å². The molecule has 0 spiro atoms. The number of carbonyl (C=O) groups is 1. The molecule has 0 aliphatic heterocycles. The highest BCUT2D eigenvalue weighted by molar-refractivity contribution is 5.91. The zero-order valence-corrected chi connectivity index (χ0v) is 6.96. The van der Waals surface area contributed by atoms with E-state index < -0.39 is 5.97 Å². The minimum absolute atomic E-state index is 0.220. The molecular weight excluding hydrogens is 160 g/mol. The maximum absolute atomic E-state index is 11.1. The van der Waals surface area contributed by atoms with E-state index in [1.807, 2.05) is 0 Å². The molecule has 1 rings (SSSR count).